The third-order valence-electron chi connectivity index (χ3n) is 2.05. The molecule has 1 heterocycles. The maximum absolute atomic E-state index is 4.48. The number of nitrogens with zero attached hydrogens (tertiary/aromatic N) is 1. The number of aromatic nitrogens is 1. The Balaban J connectivity index is 2.46. The van der Waals surface area contributed by atoms with E-state index in [9.17, 15) is 0 Å². The van der Waals surface area contributed by atoms with Crippen LogP contribution in [0.2, 0.25) is 0 Å². The molecule has 13 heavy (non-hydrogen) atoms. The summed E-state index contributed by atoms with van der Waals surface area (Å²) in [6.07, 6.45) is 3.70. The van der Waals surface area contributed by atoms with Gasteiger partial charge in [0, 0.05) is 22.8 Å². The van der Waals surface area contributed by atoms with Crippen LogP contribution in [-0.4, -0.2) is 10.3 Å². The van der Waals surface area contributed by atoms with E-state index in [1.54, 1.807) is 11.3 Å². The van der Waals surface area contributed by atoms with Gasteiger partial charge in [0.15, 0.2) is 0 Å². The van der Waals surface area contributed by atoms with Gasteiger partial charge in [-0.2, -0.15) is 0 Å². The average molecular weight is 262 g/mol. The smallest absolute Gasteiger partial charge is 0.0931 e. The molecule has 1 unspecified atom stereocenters. The van der Waals surface area contributed by atoms with Crippen LogP contribution in [0.25, 0.3) is 0 Å². The highest BCUT2D eigenvalue weighted by atomic mass is 79.9. The third kappa shape index (κ3) is 3.77. The van der Waals surface area contributed by atoms with Gasteiger partial charge in [0.25, 0.3) is 0 Å². The monoisotopic (exact) mass is 261 g/mol. The molecule has 0 saturated heterocycles. The Hall–Kier alpha value is 0.110. The molecule has 0 saturated carbocycles. The van der Waals surface area contributed by atoms with Gasteiger partial charge in [0.05, 0.1) is 5.01 Å². The van der Waals surface area contributed by atoms with Crippen molar-refractivity contribution in [1.82, 2.24) is 4.98 Å². The number of rotatable bonds is 5. The zero-order valence-corrected chi connectivity index (χ0v) is 10.6. The molecule has 0 spiro atoms. The Morgan fingerprint density at radius 2 is 2.38 bits per heavy atom. The predicted octanol–water partition coefficient (Wildman–Crippen LogP) is 3.81. The van der Waals surface area contributed by atoms with Gasteiger partial charge in [-0.05, 0) is 19.3 Å². The molecule has 1 aromatic heterocycles. The lowest BCUT2D eigenvalue weighted by Crippen LogP contribution is -2.05. The van der Waals surface area contributed by atoms with Gasteiger partial charge in [-0.25, -0.2) is 4.98 Å². The summed E-state index contributed by atoms with van der Waals surface area (Å²) in [4.78, 5) is 4.48. The van der Waals surface area contributed by atoms with Crippen LogP contribution in [0.15, 0.2) is 5.38 Å². The second-order valence-electron chi connectivity index (χ2n) is 3.40. The molecule has 0 N–H and O–H groups in total. The summed E-state index contributed by atoms with van der Waals surface area (Å²) >= 11 is 5.35. The number of hydrogen-bond acceptors (Lipinski definition) is 2. The van der Waals surface area contributed by atoms with Gasteiger partial charge in [0.2, 0.25) is 0 Å². The van der Waals surface area contributed by atoms with E-state index >= 15 is 0 Å². The van der Waals surface area contributed by atoms with Crippen LogP contribution in [0.4, 0.5) is 0 Å². The quantitative estimate of drug-likeness (QED) is 0.735. The van der Waals surface area contributed by atoms with E-state index in [-0.39, 0.29) is 0 Å². The molecule has 3 heteroatoms. The molecule has 0 aliphatic carbocycles. The fourth-order valence-corrected chi connectivity index (χ4v) is 2.83. The van der Waals surface area contributed by atoms with Crippen molar-refractivity contribution in [3.8, 4) is 0 Å². The molecule has 74 valence electrons. The summed E-state index contributed by atoms with van der Waals surface area (Å²) in [5.41, 5.74) is 1.16. The molecule has 0 aliphatic rings. The van der Waals surface area contributed by atoms with E-state index in [2.05, 4.69) is 40.1 Å². The molecule has 0 fully saturated rings. The van der Waals surface area contributed by atoms with E-state index in [4.69, 9.17) is 0 Å². The van der Waals surface area contributed by atoms with Gasteiger partial charge >= 0.3 is 0 Å². The van der Waals surface area contributed by atoms with E-state index in [0.717, 1.165) is 23.4 Å². The minimum Gasteiger partial charge on any atom is -0.247 e. The number of hydrogen-bond donors (Lipinski definition) is 0. The second-order valence-corrected chi connectivity index (χ2v) is 4.99. The average Bonchev–Trinajstić information content (AvgIpc) is 2.50. The minimum absolute atomic E-state index is 0.760. The summed E-state index contributed by atoms with van der Waals surface area (Å²) < 4.78 is 0. The fourth-order valence-electron chi connectivity index (χ4n) is 1.39. The van der Waals surface area contributed by atoms with Crippen molar-refractivity contribution in [2.24, 2.45) is 5.92 Å². The summed E-state index contributed by atoms with van der Waals surface area (Å²) in [7, 11) is 0. The first-order valence-electron chi connectivity index (χ1n) is 4.73. The SMILES string of the molecule is CCCC(CBr)Cc1nc(C)cs1. The van der Waals surface area contributed by atoms with Gasteiger partial charge in [-0.3, -0.25) is 0 Å². The van der Waals surface area contributed by atoms with E-state index < -0.39 is 0 Å². The minimum atomic E-state index is 0.760. The van der Waals surface area contributed by atoms with E-state index in [1.807, 2.05) is 0 Å². The molecule has 1 aromatic rings. The van der Waals surface area contributed by atoms with Crippen LogP contribution >= 0.6 is 27.3 Å². The van der Waals surface area contributed by atoms with E-state index in [0.29, 0.717) is 0 Å². The van der Waals surface area contributed by atoms with Crippen molar-refractivity contribution in [2.45, 2.75) is 33.1 Å². The van der Waals surface area contributed by atoms with Crippen LogP contribution in [-0.2, 0) is 6.42 Å². The Labute approximate surface area is 92.7 Å². The van der Waals surface area contributed by atoms with Crippen LogP contribution in [0, 0.1) is 12.8 Å². The van der Waals surface area contributed by atoms with Gasteiger partial charge in [-0.1, -0.05) is 29.3 Å². The lowest BCUT2D eigenvalue weighted by Gasteiger charge is -2.09. The van der Waals surface area contributed by atoms with Crippen LogP contribution in [0.3, 0.4) is 0 Å². The first kappa shape index (κ1) is 11.2. The maximum Gasteiger partial charge on any atom is 0.0931 e. The first-order chi connectivity index (χ1) is 6.26. The molecule has 0 aromatic carbocycles. The number of aryl methyl sites for hydroxylation is 1. The lowest BCUT2D eigenvalue weighted by molar-refractivity contribution is 0.533. The highest BCUT2D eigenvalue weighted by Gasteiger charge is 2.09. The topological polar surface area (TPSA) is 12.9 Å². The highest BCUT2D eigenvalue weighted by Crippen LogP contribution is 2.19. The van der Waals surface area contributed by atoms with Gasteiger partial charge < -0.3 is 0 Å². The standard InChI is InChI=1S/C10H16BrNS/c1-3-4-9(6-11)5-10-12-8(2)7-13-10/h7,9H,3-6H2,1-2H3. The van der Waals surface area contributed by atoms with Crippen molar-refractivity contribution < 1.29 is 0 Å². The molecule has 1 atom stereocenters. The predicted molar refractivity (Wildman–Crippen MR) is 62.7 cm³/mol. The number of halogens is 1. The van der Waals surface area contributed by atoms with Crippen molar-refractivity contribution >= 4 is 27.3 Å². The van der Waals surface area contributed by atoms with Crippen molar-refractivity contribution in [1.29, 1.82) is 0 Å². The van der Waals surface area contributed by atoms with Crippen LogP contribution < -0.4 is 0 Å². The summed E-state index contributed by atoms with van der Waals surface area (Å²) in [6, 6.07) is 0. The molecule has 0 aliphatic heterocycles. The van der Waals surface area contributed by atoms with Crippen molar-refractivity contribution in [2.75, 3.05) is 5.33 Å². The number of alkyl halides is 1. The van der Waals surface area contributed by atoms with Crippen LogP contribution in [0.5, 0.6) is 0 Å². The molecule has 1 rings (SSSR count). The zero-order valence-electron chi connectivity index (χ0n) is 8.22. The molecule has 1 nitrogen and oxygen atoms in total. The van der Waals surface area contributed by atoms with Crippen molar-refractivity contribution in [3.63, 3.8) is 0 Å². The summed E-state index contributed by atoms with van der Waals surface area (Å²) in [6.45, 7) is 4.30. The Kier molecular flexibility index (Phi) is 4.96. The van der Waals surface area contributed by atoms with Crippen LogP contribution in [0.1, 0.15) is 30.5 Å². The zero-order chi connectivity index (χ0) is 9.68. The molecule has 0 radical (unpaired) electrons. The molecular weight excluding hydrogens is 246 g/mol. The first-order valence-corrected chi connectivity index (χ1v) is 6.73. The lowest BCUT2D eigenvalue weighted by atomic mass is 10.0. The second kappa shape index (κ2) is 5.76. The number of thiazole rings is 1. The van der Waals surface area contributed by atoms with Crippen molar-refractivity contribution in [3.05, 3.63) is 16.1 Å². The fraction of sp³-hybridized carbons (Fsp3) is 0.700. The molecule has 0 amide bonds. The Morgan fingerprint density at radius 3 is 2.85 bits per heavy atom. The summed E-state index contributed by atoms with van der Waals surface area (Å²) in [5, 5.41) is 4.52. The normalized spacial score (nSPS) is 13.2. The maximum atomic E-state index is 4.48. The van der Waals surface area contributed by atoms with E-state index in [1.165, 1.54) is 17.8 Å². The largest absolute Gasteiger partial charge is 0.247 e. The Bertz CT molecular complexity index is 247. The molecular formula is C10H16BrNS. The summed E-state index contributed by atoms with van der Waals surface area (Å²) in [5.74, 6) is 0.760. The van der Waals surface area contributed by atoms with Gasteiger partial charge in [-0.15, -0.1) is 11.3 Å². The highest BCUT2D eigenvalue weighted by molar-refractivity contribution is 9.09. The molecule has 0 bridgehead atoms. The third-order valence-corrected chi connectivity index (χ3v) is 3.95. The Morgan fingerprint density at radius 1 is 1.62 bits per heavy atom. The van der Waals surface area contributed by atoms with Gasteiger partial charge in [0.1, 0.15) is 0 Å².